The predicted molar refractivity (Wildman–Crippen MR) is 109 cm³/mol. The fourth-order valence-electron chi connectivity index (χ4n) is 2.87. The monoisotopic (exact) mass is 421 g/mol. The maximum atomic E-state index is 12.5. The Hall–Kier alpha value is -2.65. The third-order valence-electron chi connectivity index (χ3n) is 4.45. The molecule has 0 unspecified atom stereocenters. The Morgan fingerprint density at radius 3 is 2.17 bits per heavy atom. The van der Waals surface area contributed by atoms with Crippen LogP contribution in [0.1, 0.15) is 41.3 Å². The Kier molecular flexibility index (Phi) is 7.58. The van der Waals surface area contributed by atoms with Gasteiger partial charge in [0.1, 0.15) is 11.5 Å². The molecule has 158 valence electrons. The van der Waals surface area contributed by atoms with Crippen molar-refractivity contribution in [2.75, 3.05) is 19.6 Å². The molecule has 0 fully saturated rings. The summed E-state index contributed by atoms with van der Waals surface area (Å²) in [6, 6.07) is 8.00. The normalized spacial score (nSPS) is 11.5. The highest BCUT2D eigenvalue weighted by molar-refractivity contribution is 7.89. The summed E-state index contributed by atoms with van der Waals surface area (Å²) in [5.74, 6) is 0.403. The second-order valence-electron chi connectivity index (χ2n) is 6.52. The number of furan rings is 1. The Labute approximate surface area is 171 Å². The Morgan fingerprint density at radius 1 is 1.03 bits per heavy atom. The molecule has 1 aromatic carbocycles. The van der Waals surface area contributed by atoms with E-state index in [0.29, 0.717) is 30.2 Å². The molecule has 9 heteroatoms. The summed E-state index contributed by atoms with van der Waals surface area (Å²) in [4.78, 5) is 24.3. The summed E-state index contributed by atoms with van der Waals surface area (Å²) >= 11 is 0. The van der Waals surface area contributed by atoms with Crippen molar-refractivity contribution < 1.29 is 22.4 Å². The van der Waals surface area contributed by atoms with E-state index in [2.05, 4.69) is 10.6 Å². The van der Waals surface area contributed by atoms with Crippen molar-refractivity contribution in [2.45, 2.75) is 39.1 Å². The highest BCUT2D eigenvalue weighted by atomic mass is 32.2. The molecule has 1 heterocycles. The second-order valence-corrected chi connectivity index (χ2v) is 8.46. The Bertz CT molecular complexity index is 961. The number of hydrogen-bond acceptors (Lipinski definition) is 5. The van der Waals surface area contributed by atoms with Crippen molar-refractivity contribution in [1.82, 2.24) is 14.9 Å². The van der Waals surface area contributed by atoms with Crippen molar-refractivity contribution >= 4 is 21.8 Å². The van der Waals surface area contributed by atoms with Crippen LogP contribution in [-0.2, 0) is 21.4 Å². The Morgan fingerprint density at radius 2 is 1.66 bits per heavy atom. The van der Waals surface area contributed by atoms with Crippen LogP contribution in [0.5, 0.6) is 0 Å². The number of nitrogens with one attached hydrogen (secondary N) is 2. The van der Waals surface area contributed by atoms with E-state index < -0.39 is 10.0 Å². The van der Waals surface area contributed by atoms with Crippen LogP contribution < -0.4 is 10.6 Å². The van der Waals surface area contributed by atoms with Gasteiger partial charge in [0.05, 0.1) is 17.0 Å². The second kappa shape index (κ2) is 9.71. The third-order valence-corrected chi connectivity index (χ3v) is 6.52. The average molecular weight is 422 g/mol. The molecule has 2 rings (SSSR count). The highest BCUT2D eigenvalue weighted by Crippen LogP contribution is 2.16. The molecule has 0 spiro atoms. The van der Waals surface area contributed by atoms with Crippen LogP contribution >= 0.6 is 0 Å². The fourth-order valence-corrected chi connectivity index (χ4v) is 4.33. The average Bonchev–Trinajstić information content (AvgIpc) is 3.03. The van der Waals surface area contributed by atoms with E-state index in [-0.39, 0.29) is 29.8 Å². The molecule has 0 atom stereocenters. The number of rotatable bonds is 9. The van der Waals surface area contributed by atoms with E-state index >= 15 is 0 Å². The number of carbonyl (C=O) groups excluding carboxylic acids is 2. The minimum atomic E-state index is -3.50. The van der Waals surface area contributed by atoms with E-state index in [9.17, 15) is 18.0 Å². The molecule has 0 aliphatic heterocycles. The number of hydrogen-bond donors (Lipinski definition) is 2. The first kappa shape index (κ1) is 22.6. The van der Waals surface area contributed by atoms with Crippen LogP contribution in [0.3, 0.4) is 0 Å². The van der Waals surface area contributed by atoms with Crippen LogP contribution in [-0.4, -0.2) is 44.2 Å². The molecule has 29 heavy (non-hydrogen) atoms. The van der Waals surface area contributed by atoms with Crippen molar-refractivity contribution in [2.24, 2.45) is 0 Å². The van der Waals surface area contributed by atoms with Gasteiger partial charge >= 0.3 is 0 Å². The molecule has 0 saturated heterocycles. The first-order valence-corrected chi connectivity index (χ1v) is 10.8. The van der Waals surface area contributed by atoms with Gasteiger partial charge in [-0.15, -0.1) is 0 Å². The van der Waals surface area contributed by atoms with Crippen LogP contribution in [0, 0.1) is 13.8 Å². The number of nitrogens with zero attached hydrogens (tertiary/aromatic N) is 1. The van der Waals surface area contributed by atoms with E-state index in [0.717, 1.165) is 5.56 Å². The molecule has 0 aliphatic carbocycles. The summed E-state index contributed by atoms with van der Waals surface area (Å²) in [6.07, 6.45) is 0. The van der Waals surface area contributed by atoms with Gasteiger partial charge in [-0.25, -0.2) is 8.42 Å². The fraction of sp³-hybridized carbons (Fsp3) is 0.400. The molecule has 0 aliphatic rings. The lowest BCUT2D eigenvalue weighted by molar-refractivity contribution is -0.120. The van der Waals surface area contributed by atoms with Crippen molar-refractivity contribution in [3.8, 4) is 0 Å². The molecular formula is C20H27N3O5S. The predicted octanol–water partition coefficient (Wildman–Crippen LogP) is 1.97. The minimum Gasteiger partial charge on any atom is -0.466 e. The smallest absolute Gasteiger partial charge is 0.255 e. The van der Waals surface area contributed by atoms with Crippen LogP contribution in [0.15, 0.2) is 39.6 Å². The van der Waals surface area contributed by atoms with E-state index in [1.165, 1.54) is 16.4 Å². The molecule has 2 aromatic rings. The van der Waals surface area contributed by atoms with Gasteiger partial charge in [-0.3, -0.25) is 9.59 Å². The maximum Gasteiger partial charge on any atom is 0.255 e. The van der Waals surface area contributed by atoms with E-state index in [4.69, 9.17) is 4.42 Å². The highest BCUT2D eigenvalue weighted by Gasteiger charge is 2.21. The molecule has 8 nitrogen and oxygen atoms in total. The molecule has 1 aromatic heterocycles. The van der Waals surface area contributed by atoms with Crippen LogP contribution in [0.2, 0.25) is 0 Å². The van der Waals surface area contributed by atoms with Crippen molar-refractivity contribution in [1.29, 1.82) is 0 Å². The van der Waals surface area contributed by atoms with Gasteiger partial charge in [-0.2, -0.15) is 4.31 Å². The lowest BCUT2D eigenvalue weighted by atomic mass is 10.2. The van der Waals surface area contributed by atoms with Gasteiger partial charge in [-0.1, -0.05) is 26.0 Å². The summed E-state index contributed by atoms with van der Waals surface area (Å²) in [5.41, 5.74) is 1.16. The molecule has 0 radical (unpaired) electrons. The zero-order valence-electron chi connectivity index (χ0n) is 17.1. The summed E-state index contributed by atoms with van der Waals surface area (Å²) in [6.45, 7) is 7.88. The molecular weight excluding hydrogens is 394 g/mol. The summed E-state index contributed by atoms with van der Waals surface area (Å²) < 4.78 is 31.6. The standard InChI is InChI=1S/C20H27N3O5S/c1-5-23(6-2)29(26,27)17-9-7-16(8-10-17)12-21-19(24)13-22-20(25)18-11-14(3)28-15(18)4/h7-11H,5-6,12-13H2,1-4H3,(H,21,24)(H,22,25). The number of sulfonamides is 1. The van der Waals surface area contributed by atoms with E-state index in [1.807, 2.05) is 0 Å². The number of amides is 2. The van der Waals surface area contributed by atoms with Gasteiger partial charge < -0.3 is 15.1 Å². The quantitative estimate of drug-likeness (QED) is 0.643. The molecule has 0 saturated carbocycles. The first-order chi connectivity index (χ1) is 13.7. The number of carbonyl (C=O) groups is 2. The van der Waals surface area contributed by atoms with Crippen LogP contribution in [0.25, 0.3) is 0 Å². The lowest BCUT2D eigenvalue weighted by Gasteiger charge is -2.18. The molecule has 2 N–H and O–H groups in total. The van der Waals surface area contributed by atoms with Gasteiger partial charge in [-0.05, 0) is 37.6 Å². The van der Waals surface area contributed by atoms with Gasteiger partial charge in [0, 0.05) is 19.6 Å². The lowest BCUT2D eigenvalue weighted by Crippen LogP contribution is -2.36. The molecule has 2 amide bonds. The maximum absolute atomic E-state index is 12.5. The minimum absolute atomic E-state index is 0.170. The zero-order chi connectivity index (χ0) is 21.6. The van der Waals surface area contributed by atoms with Crippen molar-refractivity contribution in [3.05, 3.63) is 53.0 Å². The summed E-state index contributed by atoms with van der Waals surface area (Å²) in [5, 5.41) is 5.24. The zero-order valence-corrected chi connectivity index (χ0v) is 17.9. The van der Waals surface area contributed by atoms with Crippen LogP contribution in [0.4, 0.5) is 0 Å². The SMILES string of the molecule is CCN(CC)S(=O)(=O)c1ccc(CNC(=O)CNC(=O)c2cc(C)oc2C)cc1. The number of benzene rings is 1. The first-order valence-electron chi connectivity index (χ1n) is 9.40. The molecule has 0 bridgehead atoms. The van der Waals surface area contributed by atoms with Crippen molar-refractivity contribution in [3.63, 3.8) is 0 Å². The third kappa shape index (κ3) is 5.68. The topological polar surface area (TPSA) is 109 Å². The van der Waals surface area contributed by atoms with Gasteiger partial charge in [0.2, 0.25) is 15.9 Å². The Balaban J connectivity index is 1.87. The number of aryl methyl sites for hydroxylation is 2. The van der Waals surface area contributed by atoms with Gasteiger partial charge in [0.25, 0.3) is 5.91 Å². The largest absolute Gasteiger partial charge is 0.466 e. The van der Waals surface area contributed by atoms with E-state index in [1.54, 1.807) is 45.9 Å². The van der Waals surface area contributed by atoms with Gasteiger partial charge in [0.15, 0.2) is 0 Å². The summed E-state index contributed by atoms with van der Waals surface area (Å²) in [7, 11) is -3.50.